The molecule has 0 radical (unpaired) electrons. The van der Waals surface area contributed by atoms with Gasteiger partial charge in [-0.2, -0.15) is 0 Å². The Balaban J connectivity index is 1.60. The minimum Gasteiger partial charge on any atom is -0.395 e. The second-order valence-electron chi connectivity index (χ2n) is 5.63. The van der Waals surface area contributed by atoms with Gasteiger partial charge in [-0.1, -0.05) is 15.9 Å². The van der Waals surface area contributed by atoms with Gasteiger partial charge < -0.3 is 15.4 Å². The summed E-state index contributed by atoms with van der Waals surface area (Å²) in [4.78, 5) is 15.5. The van der Waals surface area contributed by atoms with Crippen molar-refractivity contribution in [3.63, 3.8) is 0 Å². The highest BCUT2D eigenvalue weighted by Gasteiger charge is 2.30. The first-order valence-electron chi connectivity index (χ1n) is 7.15. The molecule has 0 bridgehead atoms. The number of hydrogen-bond acceptors (Lipinski definition) is 6. The zero-order valence-electron chi connectivity index (χ0n) is 11.8. The zero-order valence-corrected chi connectivity index (χ0v) is 13.4. The van der Waals surface area contributed by atoms with Crippen molar-refractivity contribution in [1.82, 2.24) is 4.90 Å². The van der Waals surface area contributed by atoms with E-state index in [2.05, 4.69) is 30.9 Å². The molecule has 3 rings (SSSR count). The monoisotopic (exact) mass is 354 g/mol. The largest absolute Gasteiger partial charge is 0.395 e. The molecule has 0 aromatic heterocycles. The van der Waals surface area contributed by atoms with Gasteiger partial charge in [0, 0.05) is 43.1 Å². The molecule has 2 heterocycles. The van der Waals surface area contributed by atoms with E-state index in [-0.39, 0.29) is 0 Å². The van der Waals surface area contributed by atoms with Crippen molar-refractivity contribution in [2.24, 2.45) is 11.1 Å². The second-order valence-corrected chi connectivity index (χ2v) is 6.55. The average molecular weight is 355 g/mol. The topological polar surface area (TPSA) is 71.2 Å². The van der Waals surface area contributed by atoms with E-state index in [1.165, 1.54) is 0 Å². The lowest BCUT2D eigenvalue weighted by Crippen LogP contribution is -2.53. The minimum atomic E-state index is 0.302. The van der Waals surface area contributed by atoms with Crippen LogP contribution in [0.4, 0.5) is 17.1 Å². The summed E-state index contributed by atoms with van der Waals surface area (Å²) in [6, 6.07) is 3.60. The van der Waals surface area contributed by atoms with Crippen molar-refractivity contribution in [2.75, 3.05) is 56.6 Å². The molecule has 0 spiro atoms. The third-order valence-electron chi connectivity index (χ3n) is 4.12. The van der Waals surface area contributed by atoms with Crippen molar-refractivity contribution in [1.29, 1.82) is 0 Å². The van der Waals surface area contributed by atoms with Crippen molar-refractivity contribution in [3.8, 4) is 0 Å². The Morgan fingerprint density at radius 3 is 2.71 bits per heavy atom. The number of morpholine rings is 1. The SMILES string of the molecule is Nc1c(N=O)cc(Br)cc1N1CC(CN2CCOCC2)C1. The van der Waals surface area contributed by atoms with Gasteiger partial charge in [-0.3, -0.25) is 4.90 Å². The lowest BCUT2D eigenvalue weighted by atomic mass is 9.97. The van der Waals surface area contributed by atoms with E-state index in [0.717, 1.165) is 56.1 Å². The van der Waals surface area contributed by atoms with E-state index >= 15 is 0 Å². The van der Waals surface area contributed by atoms with Crippen LogP contribution in [-0.2, 0) is 4.74 Å². The lowest BCUT2D eigenvalue weighted by molar-refractivity contribution is 0.0286. The van der Waals surface area contributed by atoms with Crippen molar-refractivity contribution >= 4 is 33.0 Å². The molecule has 0 amide bonds. The van der Waals surface area contributed by atoms with E-state index in [0.29, 0.717) is 17.3 Å². The van der Waals surface area contributed by atoms with Crippen LogP contribution in [0.1, 0.15) is 0 Å². The Kier molecular flexibility index (Phi) is 4.42. The van der Waals surface area contributed by atoms with Gasteiger partial charge in [0.25, 0.3) is 0 Å². The lowest BCUT2D eigenvalue weighted by Gasteiger charge is -2.44. The van der Waals surface area contributed by atoms with Crippen LogP contribution in [0.15, 0.2) is 21.8 Å². The molecule has 7 heteroatoms. The molecule has 0 saturated carbocycles. The molecular formula is C14H19BrN4O2. The highest BCUT2D eigenvalue weighted by Crippen LogP contribution is 2.39. The van der Waals surface area contributed by atoms with Crippen LogP contribution in [-0.4, -0.2) is 50.8 Å². The maximum Gasteiger partial charge on any atom is 0.134 e. The van der Waals surface area contributed by atoms with Gasteiger partial charge in [-0.05, 0) is 17.3 Å². The highest BCUT2D eigenvalue weighted by molar-refractivity contribution is 9.10. The first-order valence-corrected chi connectivity index (χ1v) is 7.94. The van der Waals surface area contributed by atoms with Crippen LogP contribution in [0.3, 0.4) is 0 Å². The third kappa shape index (κ3) is 3.20. The van der Waals surface area contributed by atoms with E-state index in [1.807, 2.05) is 6.07 Å². The summed E-state index contributed by atoms with van der Waals surface area (Å²) in [6.45, 7) is 6.76. The second kappa shape index (κ2) is 6.29. The van der Waals surface area contributed by atoms with E-state index < -0.39 is 0 Å². The van der Waals surface area contributed by atoms with E-state index in [9.17, 15) is 4.91 Å². The highest BCUT2D eigenvalue weighted by atomic mass is 79.9. The molecule has 0 unspecified atom stereocenters. The van der Waals surface area contributed by atoms with Crippen LogP contribution in [0.25, 0.3) is 0 Å². The van der Waals surface area contributed by atoms with Gasteiger partial charge in [0.1, 0.15) is 5.69 Å². The average Bonchev–Trinajstić information content (AvgIpc) is 2.46. The Morgan fingerprint density at radius 2 is 2.05 bits per heavy atom. The zero-order chi connectivity index (χ0) is 14.8. The fourth-order valence-electron chi connectivity index (χ4n) is 2.96. The van der Waals surface area contributed by atoms with Gasteiger partial charge in [-0.15, -0.1) is 4.91 Å². The Hall–Kier alpha value is -1.18. The first kappa shape index (κ1) is 14.7. The summed E-state index contributed by atoms with van der Waals surface area (Å²) < 4.78 is 6.20. The van der Waals surface area contributed by atoms with E-state index in [4.69, 9.17) is 10.5 Å². The normalized spacial score (nSPS) is 20.3. The molecule has 2 saturated heterocycles. The van der Waals surface area contributed by atoms with Crippen LogP contribution < -0.4 is 10.6 Å². The summed E-state index contributed by atoms with van der Waals surface area (Å²) in [7, 11) is 0. The minimum absolute atomic E-state index is 0.302. The smallest absolute Gasteiger partial charge is 0.134 e. The number of nitrogen functional groups attached to an aromatic ring is 1. The Bertz CT molecular complexity index is 528. The number of nitrogens with two attached hydrogens (primary N) is 1. The molecule has 2 N–H and O–H groups in total. The molecule has 0 aliphatic carbocycles. The van der Waals surface area contributed by atoms with Crippen molar-refractivity contribution < 1.29 is 4.74 Å². The Morgan fingerprint density at radius 1 is 1.33 bits per heavy atom. The summed E-state index contributed by atoms with van der Waals surface area (Å²) >= 11 is 3.40. The van der Waals surface area contributed by atoms with E-state index in [1.54, 1.807) is 6.07 Å². The number of halogens is 1. The molecule has 2 aliphatic heterocycles. The summed E-state index contributed by atoms with van der Waals surface area (Å²) in [6.07, 6.45) is 0. The van der Waals surface area contributed by atoms with Gasteiger partial charge in [-0.25, -0.2) is 0 Å². The van der Waals surface area contributed by atoms with Gasteiger partial charge in [0.15, 0.2) is 0 Å². The van der Waals surface area contributed by atoms with Crippen LogP contribution in [0.2, 0.25) is 0 Å². The molecule has 2 aliphatic rings. The number of hydrogen-bond donors (Lipinski definition) is 1. The van der Waals surface area contributed by atoms with Crippen molar-refractivity contribution in [2.45, 2.75) is 0 Å². The number of nitrogens with zero attached hydrogens (tertiary/aromatic N) is 3. The molecule has 2 fully saturated rings. The molecule has 1 aromatic rings. The number of ether oxygens (including phenoxy) is 1. The van der Waals surface area contributed by atoms with Crippen LogP contribution in [0.5, 0.6) is 0 Å². The number of benzene rings is 1. The predicted molar refractivity (Wildman–Crippen MR) is 87.0 cm³/mol. The fraction of sp³-hybridized carbons (Fsp3) is 0.571. The molecule has 1 aromatic carbocycles. The molecule has 6 nitrogen and oxygen atoms in total. The number of rotatable bonds is 4. The molecule has 21 heavy (non-hydrogen) atoms. The van der Waals surface area contributed by atoms with Crippen LogP contribution in [0, 0.1) is 10.8 Å². The Labute approximate surface area is 132 Å². The predicted octanol–water partition coefficient (Wildman–Crippen LogP) is 2.20. The van der Waals surface area contributed by atoms with Crippen LogP contribution >= 0.6 is 15.9 Å². The summed E-state index contributed by atoms with van der Waals surface area (Å²) in [5, 5.41) is 2.99. The van der Waals surface area contributed by atoms with Crippen molar-refractivity contribution in [3.05, 3.63) is 21.5 Å². The van der Waals surface area contributed by atoms with Gasteiger partial charge in [0.05, 0.1) is 24.6 Å². The first-order chi connectivity index (χ1) is 10.2. The molecular weight excluding hydrogens is 336 g/mol. The third-order valence-corrected chi connectivity index (χ3v) is 4.58. The van der Waals surface area contributed by atoms with Gasteiger partial charge in [0.2, 0.25) is 0 Å². The quantitative estimate of drug-likeness (QED) is 0.662. The number of nitroso groups, excluding NO2 is 1. The maximum atomic E-state index is 10.8. The standard InChI is InChI=1S/C14H19BrN4O2/c15-11-5-12(17-20)14(16)13(6-11)19-8-10(9-19)7-18-1-3-21-4-2-18/h5-6,10H,1-4,7-9,16H2. The maximum absolute atomic E-state index is 10.8. The summed E-state index contributed by atoms with van der Waals surface area (Å²) in [5.41, 5.74) is 7.69. The molecule has 0 atom stereocenters. The fourth-order valence-corrected chi connectivity index (χ4v) is 3.39. The number of anilines is 2. The molecule has 114 valence electrons. The summed E-state index contributed by atoms with van der Waals surface area (Å²) in [5.74, 6) is 0.647. The van der Waals surface area contributed by atoms with Gasteiger partial charge >= 0.3 is 0 Å².